The summed E-state index contributed by atoms with van der Waals surface area (Å²) < 4.78 is 7.14. The Balaban J connectivity index is 2.20. The molecule has 0 aliphatic heterocycles. The van der Waals surface area contributed by atoms with Crippen LogP contribution in [-0.4, -0.2) is 28.0 Å². The number of nitrogens with zero attached hydrogens (tertiary/aromatic N) is 2. The number of ether oxygens (including phenoxy) is 1. The predicted octanol–water partition coefficient (Wildman–Crippen LogP) is 3.61. The molecule has 2 aromatic carbocycles. The minimum absolute atomic E-state index is 0.204. The third-order valence-corrected chi connectivity index (χ3v) is 3.88. The molecule has 5 heteroatoms. The molecule has 122 valence electrons. The number of aromatic nitrogens is 2. The molecular weight excluding hydrogens is 304 g/mol. The van der Waals surface area contributed by atoms with E-state index in [2.05, 4.69) is 5.10 Å². The summed E-state index contributed by atoms with van der Waals surface area (Å²) in [5.41, 5.74) is 3.01. The second-order valence-electron chi connectivity index (χ2n) is 5.46. The lowest BCUT2D eigenvalue weighted by atomic mass is 10.0. The van der Waals surface area contributed by atoms with Crippen LogP contribution in [0.1, 0.15) is 21.6 Å². The summed E-state index contributed by atoms with van der Waals surface area (Å²) in [5, 5.41) is 14.1. The van der Waals surface area contributed by atoms with Crippen molar-refractivity contribution >= 4 is 5.97 Å². The van der Waals surface area contributed by atoms with E-state index in [1.165, 1.54) is 0 Å². The molecule has 0 aliphatic carbocycles. The molecule has 0 saturated heterocycles. The van der Waals surface area contributed by atoms with Gasteiger partial charge in [0.15, 0.2) is 0 Å². The lowest BCUT2D eigenvalue weighted by Crippen LogP contribution is -2.07. The number of benzene rings is 2. The van der Waals surface area contributed by atoms with Gasteiger partial charge < -0.3 is 9.84 Å². The number of aryl methyl sites for hydroxylation is 1. The zero-order chi connectivity index (χ0) is 17.1. The van der Waals surface area contributed by atoms with E-state index in [1.54, 1.807) is 18.7 Å². The van der Waals surface area contributed by atoms with Crippen molar-refractivity contribution in [2.45, 2.75) is 13.5 Å². The molecule has 0 spiro atoms. The Hall–Kier alpha value is -3.08. The molecule has 5 nitrogen and oxygen atoms in total. The van der Waals surface area contributed by atoms with Gasteiger partial charge in [0.2, 0.25) is 0 Å². The van der Waals surface area contributed by atoms with E-state index in [-0.39, 0.29) is 5.56 Å². The molecule has 24 heavy (non-hydrogen) atoms. The summed E-state index contributed by atoms with van der Waals surface area (Å²) >= 11 is 0. The molecule has 0 aliphatic rings. The van der Waals surface area contributed by atoms with Gasteiger partial charge >= 0.3 is 5.97 Å². The van der Waals surface area contributed by atoms with Crippen molar-refractivity contribution in [1.29, 1.82) is 0 Å². The van der Waals surface area contributed by atoms with E-state index in [9.17, 15) is 9.90 Å². The first kappa shape index (κ1) is 15.8. The molecule has 0 bridgehead atoms. The SMILES string of the molecule is COc1ccccc1-c1c(C(=O)O)c(C)nn1Cc1ccccc1. The summed E-state index contributed by atoms with van der Waals surface area (Å²) in [4.78, 5) is 11.8. The van der Waals surface area contributed by atoms with Gasteiger partial charge in [-0.05, 0) is 24.6 Å². The van der Waals surface area contributed by atoms with Crippen molar-refractivity contribution in [1.82, 2.24) is 9.78 Å². The van der Waals surface area contributed by atoms with E-state index in [0.29, 0.717) is 29.2 Å². The molecule has 0 amide bonds. The van der Waals surface area contributed by atoms with E-state index in [1.807, 2.05) is 54.6 Å². The lowest BCUT2D eigenvalue weighted by Gasteiger charge is -2.12. The van der Waals surface area contributed by atoms with Crippen molar-refractivity contribution < 1.29 is 14.6 Å². The molecule has 1 N–H and O–H groups in total. The molecule has 0 fully saturated rings. The number of hydrogen-bond donors (Lipinski definition) is 1. The summed E-state index contributed by atoms with van der Waals surface area (Å²) in [6, 6.07) is 17.2. The Kier molecular flexibility index (Phi) is 4.33. The molecule has 0 saturated carbocycles. The van der Waals surface area contributed by atoms with Crippen molar-refractivity contribution in [3.63, 3.8) is 0 Å². The van der Waals surface area contributed by atoms with Crippen LogP contribution in [0, 0.1) is 6.92 Å². The highest BCUT2D eigenvalue weighted by Gasteiger charge is 2.24. The number of rotatable bonds is 5. The number of carbonyl (C=O) groups is 1. The second-order valence-corrected chi connectivity index (χ2v) is 5.46. The summed E-state index contributed by atoms with van der Waals surface area (Å²) in [6.45, 7) is 2.20. The Morgan fingerprint density at radius 1 is 1.12 bits per heavy atom. The van der Waals surface area contributed by atoms with Crippen LogP contribution < -0.4 is 4.74 Å². The number of para-hydroxylation sites is 1. The standard InChI is InChI=1S/C19H18N2O3/c1-13-17(19(22)23)18(15-10-6-7-11-16(15)24-2)21(20-13)12-14-8-4-3-5-9-14/h3-11H,12H2,1-2H3,(H,22,23). The van der Waals surface area contributed by atoms with Gasteiger partial charge in [-0.25, -0.2) is 4.79 Å². The molecule has 0 atom stereocenters. The minimum atomic E-state index is -0.993. The zero-order valence-electron chi connectivity index (χ0n) is 13.6. The van der Waals surface area contributed by atoms with Crippen molar-refractivity contribution in [3.05, 3.63) is 71.4 Å². The number of carboxylic acids is 1. The van der Waals surface area contributed by atoms with Gasteiger partial charge in [-0.1, -0.05) is 42.5 Å². The smallest absolute Gasteiger partial charge is 0.339 e. The van der Waals surface area contributed by atoms with Crippen molar-refractivity contribution in [2.24, 2.45) is 0 Å². The van der Waals surface area contributed by atoms with E-state index < -0.39 is 5.97 Å². The van der Waals surface area contributed by atoms with Gasteiger partial charge in [0.05, 0.1) is 25.0 Å². The number of carboxylic acid groups (broad SMARTS) is 1. The van der Waals surface area contributed by atoms with Crippen LogP contribution >= 0.6 is 0 Å². The second kappa shape index (κ2) is 6.58. The van der Waals surface area contributed by atoms with Crippen LogP contribution in [-0.2, 0) is 6.54 Å². The monoisotopic (exact) mass is 322 g/mol. The van der Waals surface area contributed by atoms with Gasteiger partial charge in [-0.15, -0.1) is 0 Å². The fourth-order valence-corrected chi connectivity index (χ4v) is 2.82. The average Bonchev–Trinajstić information content (AvgIpc) is 2.91. The summed E-state index contributed by atoms with van der Waals surface area (Å²) in [7, 11) is 1.57. The third kappa shape index (κ3) is 2.88. The maximum atomic E-state index is 11.8. The van der Waals surface area contributed by atoms with Crippen LogP contribution in [0.4, 0.5) is 0 Å². The summed E-state index contributed by atoms with van der Waals surface area (Å²) in [6.07, 6.45) is 0. The molecule has 0 radical (unpaired) electrons. The Labute approximate surface area is 140 Å². The minimum Gasteiger partial charge on any atom is -0.496 e. The molecule has 3 aromatic rings. The topological polar surface area (TPSA) is 64.3 Å². The predicted molar refractivity (Wildman–Crippen MR) is 91.5 cm³/mol. The largest absolute Gasteiger partial charge is 0.496 e. The van der Waals surface area contributed by atoms with Gasteiger partial charge in [0.1, 0.15) is 11.3 Å². The van der Waals surface area contributed by atoms with Gasteiger partial charge in [-0.3, -0.25) is 4.68 Å². The highest BCUT2D eigenvalue weighted by Crippen LogP contribution is 2.34. The maximum absolute atomic E-state index is 11.8. The van der Waals surface area contributed by atoms with Crippen LogP contribution in [0.5, 0.6) is 5.75 Å². The van der Waals surface area contributed by atoms with E-state index in [4.69, 9.17) is 4.74 Å². The molecule has 0 unspecified atom stereocenters. The fourth-order valence-electron chi connectivity index (χ4n) is 2.82. The maximum Gasteiger partial charge on any atom is 0.339 e. The first-order chi connectivity index (χ1) is 11.6. The highest BCUT2D eigenvalue weighted by atomic mass is 16.5. The first-order valence-corrected chi connectivity index (χ1v) is 7.60. The lowest BCUT2D eigenvalue weighted by molar-refractivity contribution is 0.0697. The highest BCUT2D eigenvalue weighted by molar-refractivity contribution is 5.97. The van der Waals surface area contributed by atoms with Crippen LogP contribution in [0.2, 0.25) is 0 Å². The fraction of sp³-hybridized carbons (Fsp3) is 0.158. The Bertz CT molecular complexity index is 870. The van der Waals surface area contributed by atoms with Gasteiger partial charge in [-0.2, -0.15) is 5.10 Å². The Morgan fingerprint density at radius 3 is 2.46 bits per heavy atom. The van der Waals surface area contributed by atoms with Crippen LogP contribution in [0.3, 0.4) is 0 Å². The summed E-state index contributed by atoms with van der Waals surface area (Å²) in [5.74, 6) is -0.373. The molecule has 1 aromatic heterocycles. The molecule has 3 rings (SSSR count). The number of methoxy groups -OCH3 is 1. The quantitative estimate of drug-likeness (QED) is 0.779. The van der Waals surface area contributed by atoms with Gasteiger partial charge in [0.25, 0.3) is 0 Å². The zero-order valence-corrected chi connectivity index (χ0v) is 13.6. The first-order valence-electron chi connectivity index (χ1n) is 7.60. The van der Waals surface area contributed by atoms with E-state index >= 15 is 0 Å². The van der Waals surface area contributed by atoms with Crippen molar-refractivity contribution in [2.75, 3.05) is 7.11 Å². The van der Waals surface area contributed by atoms with Crippen LogP contribution in [0.25, 0.3) is 11.3 Å². The Morgan fingerprint density at radius 2 is 1.79 bits per heavy atom. The van der Waals surface area contributed by atoms with Crippen molar-refractivity contribution in [3.8, 4) is 17.0 Å². The normalized spacial score (nSPS) is 10.6. The van der Waals surface area contributed by atoms with E-state index in [0.717, 1.165) is 5.56 Å². The van der Waals surface area contributed by atoms with Gasteiger partial charge in [0, 0.05) is 5.56 Å². The molecule has 1 heterocycles. The number of aromatic carboxylic acids is 1. The molecular formula is C19H18N2O3. The average molecular weight is 322 g/mol. The number of hydrogen-bond acceptors (Lipinski definition) is 3. The van der Waals surface area contributed by atoms with Crippen LogP contribution in [0.15, 0.2) is 54.6 Å². The third-order valence-electron chi connectivity index (χ3n) is 3.88.